The van der Waals surface area contributed by atoms with Crippen molar-refractivity contribution < 1.29 is 22.8 Å². The maximum Gasteiger partial charge on any atom is 0.449 e. The van der Waals surface area contributed by atoms with Gasteiger partial charge in [0.15, 0.2) is 0 Å². The number of aromatic amines is 2. The summed E-state index contributed by atoms with van der Waals surface area (Å²) < 4.78 is 38.4. The van der Waals surface area contributed by atoms with Crippen molar-refractivity contribution >= 4 is 28.5 Å². The highest BCUT2D eigenvalue weighted by molar-refractivity contribution is 5.93. The molecule has 1 aromatic carbocycles. The summed E-state index contributed by atoms with van der Waals surface area (Å²) in [6.07, 6.45) is -2.52. The molecular weight excluding hydrogens is 437 g/mol. The Morgan fingerprint density at radius 1 is 1.21 bits per heavy atom. The number of nitrogens with one attached hydrogen (secondary N) is 3. The van der Waals surface area contributed by atoms with E-state index in [2.05, 4.69) is 25.5 Å². The van der Waals surface area contributed by atoms with Gasteiger partial charge in [0, 0.05) is 36.5 Å². The van der Waals surface area contributed by atoms with Crippen LogP contribution in [0.1, 0.15) is 42.0 Å². The van der Waals surface area contributed by atoms with E-state index < -0.39 is 12.0 Å². The van der Waals surface area contributed by atoms with Crippen molar-refractivity contribution in [3.63, 3.8) is 0 Å². The molecule has 3 heterocycles. The molecule has 1 aliphatic heterocycles. The second kappa shape index (κ2) is 8.87. The number of nitrogens with zero attached hydrogens (tertiary/aromatic N) is 3. The van der Waals surface area contributed by atoms with E-state index in [4.69, 9.17) is 0 Å². The second-order valence-corrected chi connectivity index (χ2v) is 8.48. The van der Waals surface area contributed by atoms with Gasteiger partial charge in [0.1, 0.15) is 0 Å². The van der Waals surface area contributed by atoms with Gasteiger partial charge in [-0.25, -0.2) is 4.98 Å². The number of H-pyrrole nitrogens is 2. The number of hydrogen-bond acceptors (Lipinski definition) is 4. The van der Waals surface area contributed by atoms with Crippen LogP contribution in [0, 0.1) is 19.8 Å². The number of amides is 2. The number of hydrogen-bond donors (Lipinski definition) is 3. The van der Waals surface area contributed by atoms with Crippen molar-refractivity contribution in [1.29, 1.82) is 0 Å². The first-order chi connectivity index (χ1) is 15.6. The minimum atomic E-state index is -4.56. The minimum absolute atomic E-state index is 0.0524. The molecule has 1 fully saturated rings. The summed E-state index contributed by atoms with van der Waals surface area (Å²) in [6, 6.07) is 4.41. The second-order valence-electron chi connectivity index (χ2n) is 8.48. The quantitative estimate of drug-likeness (QED) is 0.537. The van der Waals surface area contributed by atoms with Crippen LogP contribution < -0.4 is 5.32 Å². The fraction of sp³-hybridized carbons (Fsp3) is 0.455. The van der Waals surface area contributed by atoms with Crippen molar-refractivity contribution in [3.05, 3.63) is 41.0 Å². The van der Waals surface area contributed by atoms with Gasteiger partial charge in [0.2, 0.25) is 17.6 Å². The van der Waals surface area contributed by atoms with E-state index >= 15 is 0 Å². The molecule has 0 unspecified atom stereocenters. The van der Waals surface area contributed by atoms with E-state index in [9.17, 15) is 22.8 Å². The van der Waals surface area contributed by atoms with Gasteiger partial charge >= 0.3 is 6.18 Å². The molecule has 0 aliphatic carbocycles. The minimum Gasteiger partial charge on any atom is -0.342 e. The number of halogens is 3. The van der Waals surface area contributed by atoms with Crippen molar-refractivity contribution in [3.8, 4) is 0 Å². The highest BCUT2D eigenvalue weighted by atomic mass is 19.4. The molecule has 1 saturated heterocycles. The van der Waals surface area contributed by atoms with E-state index in [1.807, 2.05) is 18.7 Å². The maximum absolute atomic E-state index is 12.8. The zero-order chi connectivity index (χ0) is 23.8. The summed E-state index contributed by atoms with van der Waals surface area (Å²) in [5.74, 6) is -1.09. The molecule has 4 rings (SSSR count). The normalized spacial score (nSPS) is 15.2. The third kappa shape index (κ3) is 5.18. The fourth-order valence-corrected chi connectivity index (χ4v) is 4.18. The van der Waals surface area contributed by atoms with Gasteiger partial charge in [0.25, 0.3) is 0 Å². The molecule has 0 spiro atoms. The Labute approximate surface area is 187 Å². The Kier molecular flexibility index (Phi) is 6.13. The molecule has 11 heteroatoms. The lowest BCUT2D eigenvalue weighted by molar-refractivity contribution is -0.144. The van der Waals surface area contributed by atoms with Crippen LogP contribution >= 0.6 is 0 Å². The molecule has 2 aromatic heterocycles. The fourth-order valence-electron chi connectivity index (χ4n) is 4.18. The van der Waals surface area contributed by atoms with Crippen molar-refractivity contribution in [2.24, 2.45) is 5.92 Å². The summed E-state index contributed by atoms with van der Waals surface area (Å²) in [5, 5.41) is 9.76. The number of anilines is 1. The summed E-state index contributed by atoms with van der Waals surface area (Å²) in [5.41, 5.74) is 3.44. The maximum atomic E-state index is 12.8. The lowest BCUT2D eigenvalue weighted by atomic mass is 9.92. The number of carbonyl (C=O) groups excluding carboxylic acids is 2. The van der Waals surface area contributed by atoms with Crippen LogP contribution in [0.25, 0.3) is 11.0 Å². The van der Waals surface area contributed by atoms with Crippen LogP contribution in [0.3, 0.4) is 0 Å². The van der Waals surface area contributed by atoms with Gasteiger partial charge in [-0.1, -0.05) is 0 Å². The summed E-state index contributed by atoms with van der Waals surface area (Å²) in [6.45, 7) is 4.95. The van der Waals surface area contributed by atoms with E-state index in [1.54, 1.807) is 0 Å². The zero-order valence-corrected chi connectivity index (χ0v) is 18.3. The Morgan fingerprint density at radius 2 is 1.94 bits per heavy atom. The van der Waals surface area contributed by atoms with Gasteiger partial charge in [-0.2, -0.15) is 18.3 Å². The van der Waals surface area contributed by atoms with Crippen molar-refractivity contribution in [2.45, 2.75) is 45.7 Å². The third-order valence-electron chi connectivity index (χ3n) is 6.08. The summed E-state index contributed by atoms with van der Waals surface area (Å²) in [4.78, 5) is 32.7. The van der Waals surface area contributed by atoms with E-state index in [-0.39, 0.29) is 35.2 Å². The number of imidazole rings is 1. The number of likely N-dealkylation sites (tertiary alicyclic amines) is 1. The van der Waals surface area contributed by atoms with Crippen LogP contribution in [-0.2, 0) is 22.2 Å². The standard InChI is InChI=1S/C22H25F3N6O2/c1-12-16(13(2)30-29-12)11-20(33)31-7-5-14(6-8-31)9-19(32)26-15-3-4-17-18(10-15)28-21(27-17)22(23,24)25/h3-4,10,14H,5-9,11H2,1-2H3,(H,26,32)(H,27,28)(H,29,30). The molecule has 176 valence electrons. The number of aryl methyl sites for hydroxylation is 2. The number of benzene rings is 1. The van der Waals surface area contributed by atoms with E-state index in [0.717, 1.165) is 29.8 Å². The van der Waals surface area contributed by atoms with Gasteiger partial charge in [-0.3, -0.25) is 14.7 Å². The molecule has 0 atom stereocenters. The highest BCUT2D eigenvalue weighted by Gasteiger charge is 2.34. The number of piperidine rings is 1. The van der Waals surface area contributed by atoms with E-state index in [1.165, 1.54) is 18.2 Å². The molecule has 3 N–H and O–H groups in total. The first-order valence-corrected chi connectivity index (χ1v) is 10.7. The number of carbonyl (C=O) groups is 2. The molecule has 0 saturated carbocycles. The predicted molar refractivity (Wildman–Crippen MR) is 115 cm³/mol. The average molecular weight is 462 g/mol. The molecule has 2 amide bonds. The topological polar surface area (TPSA) is 107 Å². The lowest BCUT2D eigenvalue weighted by Crippen LogP contribution is -2.40. The van der Waals surface area contributed by atoms with Gasteiger partial charge in [0.05, 0.1) is 23.1 Å². The van der Waals surface area contributed by atoms with Gasteiger partial charge in [-0.05, 0) is 50.8 Å². The number of aromatic nitrogens is 4. The molecule has 0 bridgehead atoms. The SMILES string of the molecule is Cc1n[nH]c(C)c1CC(=O)N1CCC(CC(=O)Nc2ccc3nc(C(F)(F)F)[nH]c3c2)CC1. The van der Waals surface area contributed by atoms with Crippen LogP contribution in [0.4, 0.5) is 18.9 Å². The Morgan fingerprint density at radius 3 is 2.58 bits per heavy atom. The van der Waals surface area contributed by atoms with Gasteiger partial charge < -0.3 is 15.2 Å². The van der Waals surface area contributed by atoms with Crippen LogP contribution in [0.2, 0.25) is 0 Å². The lowest BCUT2D eigenvalue weighted by Gasteiger charge is -2.32. The largest absolute Gasteiger partial charge is 0.449 e. The first-order valence-electron chi connectivity index (χ1n) is 10.7. The smallest absolute Gasteiger partial charge is 0.342 e. The molecule has 33 heavy (non-hydrogen) atoms. The average Bonchev–Trinajstić information content (AvgIpc) is 3.32. The molecule has 1 aliphatic rings. The van der Waals surface area contributed by atoms with Crippen LogP contribution in [0.15, 0.2) is 18.2 Å². The summed E-state index contributed by atoms with van der Waals surface area (Å²) in [7, 11) is 0. The molecule has 8 nitrogen and oxygen atoms in total. The molecule has 0 radical (unpaired) electrons. The van der Waals surface area contributed by atoms with Crippen molar-refractivity contribution in [1.82, 2.24) is 25.1 Å². The van der Waals surface area contributed by atoms with E-state index in [0.29, 0.717) is 25.2 Å². The number of alkyl halides is 3. The molecular formula is C22H25F3N6O2. The Balaban J connectivity index is 1.28. The van der Waals surface area contributed by atoms with Crippen LogP contribution in [-0.4, -0.2) is 50.0 Å². The number of fused-ring (bicyclic) bond motifs is 1. The number of rotatable bonds is 5. The van der Waals surface area contributed by atoms with Crippen molar-refractivity contribution in [2.75, 3.05) is 18.4 Å². The highest BCUT2D eigenvalue weighted by Crippen LogP contribution is 2.29. The summed E-state index contributed by atoms with van der Waals surface area (Å²) >= 11 is 0. The Bertz CT molecular complexity index is 1160. The predicted octanol–water partition coefficient (Wildman–Crippen LogP) is 3.73. The monoisotopic (exact) mass is 462 g/mol. The van der Waals surface area contributed by atoms with Gasteiger partial charge in [-0.15, -0.1) is 0 Å². The first kappa shape index (κ1) is 22.8. The Hall–Kier alpha value is -3.37. The zero-order valence-electron chi connectivity index (χ0n) is 18.3. The molecule has 3 aromatic rings. The third-order valence-corrected chi connectivity index (χ3v) is 6.08. The van der Waals surface area contributed by atoms with Crippen LogP contribution in [0.5, 0.6) is 0 Å².